The Labute approximate surface area is 211 Å². The van der Waals surface area contributed by atoms with Gasteiger partial charge in [-0.1, -0.05) is 19.1 Å². The van der Waals surface area contributed by atoms with Gasteiger partial charge in [0, 0.05) is 26.2 Å². The summed E-state index contributed by atoms with van der Waals surface area (Å²) in [7, 11) is -3.35. The molecule has 1 aromatic carbocycles. The quantitative estimate of drug-likeness (QED) is 0.204. The van der Waals surface area contributed by atoms with Gasteiger partial charge in [-0.3, -0.25) is 0 Å². The molecule has 2 saturated heterocycles. The molecule has 2 fully saturated rings. The molecule has 182 valence electrons. The van der Waals surface area contributed by atoms with Crippen LogP contribution in [0.1, 0.15) is 51.5 Å². The lowest BCUT2D eigenvalue weighted by atomic mass is 9.99. The van der Waals surface area contributed by atoms with Gasteiger partial charge in [0.15, 0.2) is 5.96 Å². The maximum Gasteiger partial charge on any atom is 0.243 e. The Bertz CT molecular complexity index is 802. The first-order valence-corrected chi connectivity index (χ1v) is 13.3. The summed E-state index contributed by atoms with van der Waals surface area (Å²) < 4.78 is 26.9. The smallest absolute Gasteiger partial charge is 0.243 e. The number of rotatable bonds is 9. The molecular formula is C23H40IN5O2S. The predicted molar refractivity (Wildman–Crippen MR) is 142 cm³/mol. The van der Waals surface area contributed by atoms with Crippen LogP contribution >= 0.6 is 24.0 Å². The van der Waals surface area contributed by atoms with Gasteiger partial charge in [-0.05, 0) is 82.3 Å². The minimum Gasteiger partial charge on any atom is -0.357 e. The molecule has 0 aliphatic carbocycles. The second kappa shape index (κ2) is 13.7. The van der Waals surface area contributed by atoms with E-state index in [0.717, 1.165) is 56.3 Å². The fourth-order valence-corrected chi connectivity index (χ4v) is 5.67. The highest BCUT2D eigenvalue weighted by molar-refractivity contribution is 14.0. The Morgan fingerprint density at radius 3 is 2.34 bits per heavy atom. The number of piperidine rings is 1. The Balaban J connectivity index is 0.00000363. The van der Waals surface area contributed by atoms with Crippen LogP contribution in [0, 0.1) is 5.92 Å². The molecule has 9 heteroatoms. The summed E-state index contributed by atoms with van der Waals surface area (Å²) in [5.41, 5.74) is 1.00. The summed E-state index contributed by atoms with van der Waals surface area (Å²) >= 11 is 0. The van der Waals surface area contributed by atoms with Crippen molar-refractivity contribution in [3.05, 3.63) is 29.8 Å². The van der Waals surface area contributed by atoms with E-state index in [1.54, 1.807) is 16.4 Å². The maximum absolute atomic E-state index is 12.6. The molecule has 2 N–H and O–H groups in total. The van der Waals surface area contributed by atoms with E-state index in [9.17, 15) is 8.42 Å². The number of sulfonamides is 1. The third-order valence-electron chi connectivity index (χ3n) is 6.21. The van der Waals surface area contributed by atoms with Crippen molar-refractivity contribution in [2.75, 3.05) is 45.8 Å². The number of halogens is 1. The number of nitrogens with zero attached hydrogens (tertiary/aromatic N) is 3. The summed E-state index contributed by atoms with van der Waals surface area (Å²) in [5, 5.41) is 6.71. The van der Waals surface area contributed by atoms with Crippen molar-refractivity contribution in [3.8, 4) is 0 Å². The first-order valence-electron chi connectivity index (χ1n) is 11.8. The molecular weight excluding hydrogens is 537 g/mol. The van der Waals surface area contributed by atoms with Gasteiger partial charge in [-0.25, -0.2) is 13.4 Å². The van der Waals surface area contributed by atoms with Crippen molar-refractivity contribution in [1.29, 1.82) is 0 Å². The zero-order valence-electron chi connectivity index (χ0n) is 19.6. The Hall–Kier alpha value is -0.910. The molecule has 32 heavy (non-hydrogen) atoms. The molecule has 0 unspecified atom stereocenters. The highest BCUT2D eigenvalue weighted by Gasteiger charge is 2.26. The summed E-state index contributed by atoms with van der Waals surface area (Å²) in [6.07, 6.45) is 5.63. The molecule has 0 aromatic heterocycles. The summed E-state index contributed by atoms with van der Waals surface area (Å²) in [6.45, 7) is 11.5. The number of benzene rings is 1. The molecule has 0 bridgehead atoms. The normalized spacial score (nSPS) is 19.0. The largest absolute Gasteiger partial charge is 0.357 e. The zero-order valence-corrected chi connectivity index (χ0v) is 22.7. The molecule has 0 atom stereocenters. The van der Waals surface area contributed by atoms with Crippen molar-refractivity contribution < 1.29 is 8.42 Å². The van der Waals surface area contributed by atoms with Gasteiger partial charge in [-0.2, -0.15) is 4.31 Å². The molecule has 0 spiro atoms. The van der Waals surface area contributed by atoms with Crippen molar-refractivity contribution in [3.63, 3.8) is 0 Å². The molecule has 1 aromatic rings. The average molecular weight is 578 g/mol. The van der Waals surface area contributed by atoms with Gasteiger partial charge in [0.1, 0.15) is 0 Å². The van der Waals surface area contributed by atoms with Crippen LogP contribution in [-0.4, -0.2) is 69.4 Å². The second-order valence-electron chi connectivity index (χ2n) is 8.75. The van der Waals surface area contributed by atoms with Gasteiger partial charge >= 0.3 is 0 Å². The second-order valence-corrected chi connectivity index (χ2v) is 10.7. The van der Waals surface area contributed by atoms with E-state index in [4.69, 9.17) is 0 Å². The number of guanidine groups is 1. The van der Waals surface area contributed by atoms with E-state index < -0.39 is 10.0 Å². The predicted octanol–water partition coefficient (Wildman–Crippen LogP) is 3.27. The third kappa shape index (κ3) is 8.14. The summed E-state index contributed by atoms with van der Waals surface area (Å²) in [4.78, 5) is 7.60. The number of hydrogen-bond acceptors (Lipinski definition) is 4. The topological polar surface area (TPSA) is 77.0 Å². The Morgan fingerprint density at radius 1 is 1.06 bits per heavy atom. The van der Waals surface area contributed by atoms with E-state index in [-0.39, 0.29) is 24.0 Å². The first kappa shape index (κ1) is 27.3. The van der Waals surface area contributed by atoms with Crippen LogP contribution in [0.2, 0.25) is 0 Å². The first-order chi connectivity index (χ1) is 15.0. The SMILES string of the molecule is CCNC(=NCc1ccc(S(=O)(=O)N2CCCC2)cc1)NCCCN1CCC(C)CC1.I. The number of nitrogens with one attached hydrogen (secondary N) is 2. The number of hydrogen-bond donors (Lipinski definition) is 2. The summed E-state index contributed by atoms with van der Waals surface area (Å²) in [5.74, 6) is 1.68. The summed E-state index contributed by atoms with van der Waals surface area (Å²) in [6, 6.07) is 7.15. The Kier molecular flexibility index (Phi) is 11.7. The van der Waals surface area contributed by atoms with Gasteiger partial charge in [0.25, 0.3) is 0 Å². The highest BCUT2D eigenvalue weighted by atomic mass is 127. The van der Waals surface area contributed by atoms with Crippen molar-refractivity contribution in [1.82, 2.24) is 19.8 Å². The Morgan fingerprint density at radius 2 is 1.72 bits per heavy atom. The molecule has 0 saturated carbocycles. The minimum atomic E-state index is -3.35. The minimum absolute atomic E-state index is 0. The molecule has 2 aliphatic heterocycles. The molecule has 7 nitrogen and oxygen atoms in total. The van der Waals surface area contributed by atoms with E-state index >= 15 is 0 Å². The standard InChI is InChI=1S/C23H39N5O2S.HI/c1-3-24-23(25-13-6-14-27-17-11-20(2)12-18-27)26-19-21-7-9-22(10-8-21)31(29,30)28-15-4-5-16-28;/h7-10,20H,3-6,11-19H2,1-2H3,(H2,24,25,26);1H. The third-order valence-corrected chi connectivity index (χ3v) is 8.12. The lowest BCUT2D eigenvalue weighted by Gasteiger charge is -2.30. The maximum atomic E-state index is 12.6. The van der Waals surface area contributed by atoms with Crippen LogP contribution < -0.4 is 10.6 Å². The van der Waals surface area contributed by atoms with Crippen molar-refractivity contribution in [2.24, 2.45) is 10.9 Å². The van der Waals surface area contributed by atoms with E-state index in [1.807, 2.05) is 12.1 Å². The lowest BCUT2D eigenvalue weighted by molar-refractivity contribution is 0.191. The molecule has 2 heterocycles. The highest BCUT2D eigenvalue weighted by Crippen LogP contribution is 2.21. The molecule has 2 aliphatic rings. The average Bonchev–Trinajstić information content (AvgIpc) is 3.32. The van der Waals surface area contributed by atoms with Crippen LogP contribution in [0.5, 0.6) is 0 Å². The van der Waals surface area contributed by atoms with Crippen LogP contribution in [0.15, 0.2) is 34.2 Å². The van der Waals surface area contributed by atoms with E-state index in [0.29, 0.717) is 24.5 Å². The van der Waals surface area contributed by atoms with Gasteiger partial charge in [0.05, 0.1) is 11.4 Å². The van der Waals surface area contributed by atoms with Crippen molar-refractivity contribution in [2.45, 2.75) is 57.4 Å². The van der Waals surface area contributed by atoms with Gasteiger partial charge in [-0.15, -0.1) is 24.0 Å². The number of aliphatic imine (C=N–C) groups is 1. The van der Waals surface area contributed by atoms with Crippen LogP contribution in [0.3, 0.4) is 0 Å². The monoisotopic (exact) mass is 577 g/mol. The van der Waals surface area contributed by atoms with Crippen LogP contribution in [0.25, 0.3) is 0 Å². The van der Waals surface area contributed by atoms with Crippen molar-refractivity contribution >= 4 is 40.0 Å². The van der Waals surface area contributed by atoms with E-state index in [1.165, 1.54) is 25.9 Å². The fraction of sp³-hybridized carbons (Fsp3) is 0.696. The molecule has 0 radical (unpaired) electrons. The lowest BCUT2D eigenvalue weighted by Crippen LogP contribution is -2.39. The van der Waals surface area contributed by atoms with Crippen LogP contribution in [0.4, 0.5) is 0 Å². The molecule has 0 amide bonds. The van der Waals surface area contributed by atoms with Gasteiger partial charge < -0.3 is 15.5 Å². The number of likely N-dealkylation sites (tertiary alicyclic amines) is 1. The zero-order chi connectivity index (χ0) is 22.1. The molecule has 3 rings (SSSR count). The van der Waals surface area contributed by atoms with E-state index in [2.05, 4.69) is 34.4 Å². The van der Waals surface area contributed by atoms with Gasteiger partial charge in [0.2, 0.25) is 10.0 Å². The van der Waals surface area contributed by atoms with Crippen LogP contribution in [-0.2, 0) is 16.6 Å². The fourth-order valence-electron chi connectivity index (χ4n) is 4.15.